The van der Waals surface area contributed by atoms with Crippen molar-refractivity contribution in [3.8, 4) is 0 Å². The average Bonchev–Trinajstić information content (AvgIpc) is 3.17. The van der Waals surface area contributed by atoms with Gasteiger partial charge in [-0.15, -0.1) is 0 Å². The maximum Gasteiger partial charge on any atom is 0.305 e. The van der Waals surface area contributed by atoms with Crippen molar-refractivity contribution in [2.24, 2.45) is 0 Å². The van der Waals surface area contributed by atoms with Crippen LogP contribution in [0.4, 0.5) is 5.69 Å². The number of aromatic nitrogens is 3. The van der Waals surface area contributed by atoms with Crippen LogP contribution in [0.25, 0.3) is 11.2 Å². The molecule has 0 spiro atoms. The summed E-state index contributed by atoms with van der Waals surface area (Å²) in [6.45, 7) is 1.13. The fraction of sp³-hybridized carbons (Fsp3) is 0.348. The lowest BCUT2D eigenvalue weighted by Crippen LogP contribution is -2.42. The van der Waals surface area contributed by atoms with Gasteiger partial charge in [-0.05, 0) is 35.9 Å². The number of carbonyl (C=O) groups is 3. The highest BCUT2D eigenvalue weighted by Crippen LogP contribution is 2.26. The predicted octanol–water partition coefficient (Wildman–Crippen LogP) is 1.47. The first kappa shape index (κ1) is 23.2. The molecular weight excluding hydrogens is 440 g/mol. The fourth-order valence-corrected chi connectivity index (χ4v) is 3.94. The van der Waals surface area contributed by atoms with Crippen LogP contribution in [0.3, 0.4) is 0 Å². The Labute approximate surface area is 195 Å². The molecule has 11 heteroatoms. The molecule has 3 N–H and O–H groups in total. The number of nitrogens with zero attached hydrogens (tertiary/aromatic N) is 4. The van der Waals surface area contributed by atoms with Crippen molar-refractivity contribution in [2.45, 2.75) is 25.6 Å². The molecular formula is C23H26N6O5. The minimum absolute atomic E-state index is 0.211. The van der Waals surface area contributed by atoms with E-state index in [1.54, 1.807) is 41.2 Å². The minimum Gasteiger partial charge on any atom is -0.481 e. The van der Waals surface area contributed by atoms with Crippen molar-refractivity contribution in [3.05, 3.63) is 53.5 Å². The summed E-state index contributed by atoms with van der Waals surface area (Å²) in [5, 5.41) is 12.3. The molecule has 2 amide bonds. The number of H-pyrrole nitrogens is 1. The van der Waals surface area contributed by atoms with E-state index in [1.807, 2.05) is 12.1 Å². The van der Waals surface area contributed by atoms with Crippen molar-refractivity contribution in [3.63, 3.8) is 0 Å². The zero-order valence-electron chi connectivity index (χ0n) is 18.9. The maximum atomic E-state index is 13.1. The molecule has 0 aliphatic carbocycles. The van der Waals surface area contributed by atoms with E-state index in [4.69, 9.17) is 4.74 Å². The molecule has 178 valence electrons. The number of anilines is 1. The van der Waals surface area contributed by atoms with Crippen LogP contribution in [0.2, 0.25) is 0 Å². The Hall–Kier alpha value is -3.99. The summed E-state index contributed by atoms with van der Waals surface area (Å²) in [6.07, 6.45) is 1.31. The van der Waals surface area contributed by atoms with Crippen LogP contribution in [0.15, 0.2) is 36.5 Å². The number of methoxy groups -OCH3 is 1. The molecule has 1 aliphatic rings. The molecule has 1 atom stereocenters. The van der Waals surface area contributed by atoms with E-state index in [2.05, 4.69) is 20.3 Å². The Balaban J connectivity index is 1.55. The highest BCUT2D eigenvalue weighted by Gasteiger charge is 2.31. The summed E-state index contributed by atoms with van der Waals surface area (Å²) in [7, 11) is 3.22. The third-order valence-electron chi connectivity index (χ3n) is 5.64. The first-order valence-electron chi connectivity index (χ1n) is 10.8. The van der Waals surface area contributed by atoms with Crippen molar-refractivity contribution in [1.29, 1.82) is 0 Å². The number of hydrogen-bond donors (Lipinski definition) is 3. The smallest absolute Gasteiger partial charge is 0.305 e. The van der Waals surface area contributed by atoms with Crippen LogP contribution in [-0.4, -0.2) is 81.0 Å². The largest absolute Gasteiger partial charge is 0.481 e. The highest BCUT2D eigenvalue weighted by molar-refractivity contribution is 5.95. The number of ether oxygens (including phenoxy) is 1. The van der Waals surface area contributed by atoms with E-state index in [1.165, 1.54) is 7.11 Å². The first-order valence-corrected chi connectivity index (χ1v) is 10.8. The van der Waals surface area contributed by atoms with E-state index in [9.17, 15) is 19.5 Å². The molecule has 2 aromatic heterocycles. The lowest BCUT2D eigenvalue weighted by molar-refractivity contribution is -0.141. The standard InChI is InChI=1S/C23H26N6O5/c1-28(13-19-26-17-4-3-7-24-21(17)27-19)22(32)14-5-6-16-15(10-14)12-29(8-9-34-2)23(33)18(25-16)11-20(30)31/h3-7,10,18,25H,8-9,11-13H2,1-2H3,(H,30,31)(H,24,26,27). The van der Waals surface area contributed by atoms with Crippen LogP contribution in [0.1, 0.15) is 28.2 Å². The van der Waals surface area contributed by atoms with Crippen LogP contribution in [0, 0.1) is 0 Å². The van der Waals surface area contributed by atoms with E-state index >= 15 is 0 Å². The zero-order chi connectivity index (χ0) is 24.2. The fourth-order valence-electron chi connectivity index (χ4n) is 3.94. The molecule has 1 aromatic carbocycles. The van der Waals surface area contributed by atoms with Gasteiger partial charge in [0.25, 0.3) is 5.91 Å². The molecule has 0 saturated carbocycles. The number of fused-ring (bicyclic) bond motifs is 2. The van der Waals surface area contributed by atoms with Crippen molar-refractivity contribution < 1.29 is 24.2 Å². The number of aromatic amines is 1. The normalized spacial score (nSPS) is 15.5. The molecule has 11 nitrogen and oxygen atoms in total. The quantitative estimate of drug-likeness (QED) is 0.453. The third kappa shape index (κ3) is 4.99. The number of carbonyl (C=O) groups excluding carboxylic acids is 2. The predicted molar refractivity (Wildman–Crippen MR) is 123 cm³/mol. The second-order valence-corrected chi connectivity index (χ2v) is 8.14. The van der Waals surface area contributed by atoms with Gasteiger partial charge in [-0.2, -0.15) is 0 Å². The molecule has 4 rings (SSSR count). The summed E-state index contributed by atoms with van der Waals surface area (Å²) in [5.41, 5.74) is 3.19. The Kier molecular flexibility index (Phi) is 6.73. The Morgan fingerprint density at radius 2 is 2.15 bits per heavy atom. The summed E-state index contributed by atoms with van der Waals surface area (Å²) in [5.74, 6) is -0.986. The number of carboxylic acids is 1. The SMILES string of the molecule is COCCN1Cc2cc(C(=O)N(C)Cc3nc4ncccc4[nH]3)ccc2NC(CC(=O)O)C1=O. The maximum absolute atomic E-state index is 13.1. The van der Waals surface area contributed by atoms with Crippen LogP contribution < -0.4 is 5.32 Å². The van der Waals surface area contributed by atoms with E-state index in [-0.39, 0.29) is 31.3 Å². The minimum atomic E-state index is -1.07. The van der Waals surface area contributed by atoms with Crippen molar-refractivity contribution in [1.82, 2.24) is 24.8 Å². The summed E-state index contributed by atoms with van der Waals surface area (Å²) < 4.78 is 5.11. The van der Waals surface area contributed by atoms with Crippen LogP contribution in [-0.2, 0) is 27.4 Å². The monoisotopic (exact) mass is 466 g/mol. The number of imidazole rings is 1. The molecule has 0 bridgehead atoms. The van der Waals surface area contributed by atoms with Crippen LogP contribution >= 0.6 is 0 Å². The lowest BCUT2D eigenvalue weighted by atomic mass is 10.1. The Morgan fingerprint density at radius 3 is 2.88 bits per heavy atom. The van der Waals surface area contributed by atoms with Gasteiger partial charge >= 0.3 is 5.97 Å². The number of benzene rings is 1. The molecule has 0 saturated heterocycles. The van der Waals surface area contributed by atoms with E-state index in [0.717, 1.165) is 11.1 Å². The molecule has 34 heavy (non-hydrogen) atoms. The second-order valence-electron chi connectivity index (χ2n) is 8.14. The van der Waals surface area contributed by atoms with Gasteiger partial charge in [-0.3, -0.25) is 14.4 Å². The van der Waals surface area contributed by atoms with Gasteiger partial charge in [0.2, 0.25) is 5.91 Å². The average molecular weight is 466 g/mol. The lowest BCUT2D eigenvalue weighted by Gasteiger charge is -2.23. The molecule has 1 aliphatic heterocycles. The van der Waals surface area contributed by atoms with Crippen LogP contribution in [0.5, 0.6) is 0 Å². The Bertz CT molecular complexity index is 1190. The van der Waals surface area contributed by atoms with Gasteiger partial charge in [0.1, 0.15) is 11.9 Å². The molecule has 0 fully saturated rings. The van der Waals surface area contributed by atoms with Gasteiger partial charge in [-0.25, -0.2) is 9.97 Å². The number of hydrogen-bond acceptors (Lipinski definition) is 7. The third-order valence-corrected chi connectivity index (χ3v) is 5.64. The van der Waals surface area contributed by atoms with Crippen molar-refractivity contribution >= 4 is 34.6 Å². The zero-order valence-corrected chi connectivity index (χ0v) is 18.9. The Morgan fingerprint density at radius 1 is 1.32 bits per heavy atom. The summed E-state index contributed by atoms with van der Waals surface area (Å²) in [6, 6.07) is 7.89. The first-order chi connectivity index (χ1) is 16.4. The highest BCUT2D eigenvalue weighted by atomic mass is 16.5. The summed E-state index contributed by atoms with van der Waals surface area (Å²) in [4.78, 5) is 52.2. The van der Waals surface area contributed by atoms with E-state index in [0.29, 0.717) is 35.9 Å². The number of nitrogens with one attached hydrogen (secondary N) is 2. The molecule has 3 heterocycles. The number of pyridine rings is 1. The number of rotatable bonds is 8. The summed E-state index contributed by atoms with van der Waals surface area (Å²) >= 11 is 0. The van der Waals surface area contributed by atoms with Gasteiger partial charge in [0.05, 0.1) is 25.1 Å². The van der Waals surface area contributed by atoms with Gasteiger partial charge in [0, 0.05) is 44.7 Å². The van der Waals surface area contributed by atoms with E-state index < -0.39 is 12.0 Å². The molecule has 3 aromatic rings. The van der Waals surface area contributed by atoms with Crippen molar-refractivity contribution in [2.75, 3.05) is 32.6 Å². The number of carboxylic acid groups (broad SMARTS) is 1. The number of amides is 2. The molecule has 1 unspecified atom stereocenters. The second kappa shape index (κ2) is 9.87. The molecule has 0 radical (unpaired) electrons. The topological polar surface area (TPSA) is 141 Å². The van der Waals surface area contributed by atoms with Gasteiger partial charge in [0.15, 0.2) is 5.65 Å². The van der Waals surface area contributed by atoms with Gasteiger partial charge in [-0.1, -0.05) is 0 Å². The van der Waals surface area contributed by atoms with Gasteiger partial charge < -0.3 is 29.9 Å². The number of aliphatic carboxylic acids is 1.